The molecule has 2 aromatic carbocycles. The van der Waals surface area contributed by atoms with E-state index in [9.17, 15) is 24.5 Å². The molecule has 2 amide bonds. The maximum atomic E-state index is 12.4. The third-order valence-electron chi connectivity index (χ3n) is 4.68. The van der Waals surface area contributed by atoms with Gasteiger partial charge >= 0.3 is 5.97 Å². The minimum Gasteiger partial charge on any atom is -0.493 e. The van der Waals surface area contributed by atoms with Crippen LogP contribution in [0, 0.1) is 17.0 Å². The quantitative estimate of drug-likeness (QED) is 0.292. The van der Waals surface area contributed by atoms with Gasteiger partial charge in [0.25, 0.3) is 17.5 Å². The summed E-state index contributed by atoms with van der Waals surface area (Å²) in [6.45, 7) is 1.11. The average Bonchev–Trinajstić information content (AvgIpc) is 2.96. The average molecular weight is 414 g/mol. The predicted octanol–water partition coefficient (Wildman–Crippen LogP) is 2.26. The van der Waals surface area contributed by atoms with Gasteiger partial charge in [0.1, 0.15) is 13.2 Å². The molecule has 0 bridgehead atoms. The highest BCUT2D eigenvalue weighted by Crippen LogP contribution is 2.31. The summed E-state index contributed by atoms with van der Waals surface area (Å²) in [4.78, 5) is 48.0. The number of nitro groups is 1. The first kappa shape index (κ1) is 20.8. The van der Waals surface area contributed by atoms with Crippen molar-refractivity contribution in [2.45, 2.75) is 13.5 Å². The molecule has 1 aliphatic rings. The fourth-order valence-corrected chi connectivity index (χ4v) is 3.05. The first-order valence-electron chi connectivity index (χ1n) is 8.78. The zero-order valence-corrected chi connectivity index (χ0v) is 16.5. The Morgan fingerprint density at radius 3 is 2.30 bits per heavy atom. The van der Waals surface area contributed by atoms with Crippen LogP contribution in [0.5, 0.6) is 11.5 Å². The lowest BCUT2D eigenvalue weighted by atomic mass is 10.1. The van der Waals surface area contributed by atoms with Crippen LogP contribution in [0.1, 0.15) is 31.8 Å². The number of hydrogen-bond donors (Lipinski definition) is 0. The first-order valence-corrected chi connectivity index (χ1v) is 8.78. The van der Waals surface area contributed by atoms with Crippen LogP contribution in [-0.4, -0.2) is 48.4 Å². The Hall–Kier alpha value is -3.95. The molecule has 0 saturated heterocycles. The van der Waals surface area contributed by atoms with Crippen molar-refractivity contribution < 1.29 is 33.5 Å². The highest BCUT2D eigenvalue weighted by atomic mass is 16.6. The fourth-order valence-electron chi connectivity index (χ4n) is 3.05. The lowest BCUT2D eigenvalue weighted by molar-refractivity contribution is -0.384. The molecule has 3 rings (SSSR count). The highest BCUT2D eigenvalue weighted by Gasteiger charge is 2.38. The number of methoxy groups -OCH3 is 2. The molecule has 0 saturated carbocycles. The topological polar surface area (TPSA) is 125 Å². The molecule has 0 N–H and O–H groups in total. The smallest absolute Gasteiger partial charge is 0.326 e. The van der Waals surface area contributed by atoms with Gasteiger partial charge in [0.2, 0.25) is 0 Å². The minimum atomic E-state index is -0.798. The van der Waals surface area contributed by atoms with Gasteiger partial charge in [0.15, 0.2) is 11.5 Å². The number of nitrogens with zero attached hydrogens (tertiary/aromatic N) is 2. The molecular formula is C20H18N2O8. The van der Waals surface area contributed by atoms with Crippen LogP contribution in [0.2, 0.25) is 0 Å². The number of imide groups is 1. The number of hydrogen-bond acceptors (Lipinski definition) is 8. The standard InChI is InChI=1S/C20H18N2O8/c1-11-6-16(28-2)17(29-3)7-12(11)10-30-18(23)9-21-19(24)14-5-4-13(22(26)27)8-15(14)20(21)25/h4-8H,9-10H2,1-3H3. The zero-order valence-electron chi connectivity index (χ0n) is 16.5. The van der Waals surface area contributed by atoms with Crippen LogP contribution in [0.3, 0.4) is 0 Å². The summed E-state index contributed by atoms with van der Waals surface area (Å²) in [5.41, 5.74) is 1.04. The van der Waals surface area contributed by atoms with Crippen molar-refractivity contribution in [1.29, 1.82) is 0 Å². The number of ether oxygens (including phenoxy) is 3. The SMILES string of the molecule is COc1cc(C)c(COC(=O)CN2C(=O)c3ccc([N+](=O)[O-])cc3C2=O)cc1OC. The van der Waals surface area contributed by atoms with E-state index in [0.29, 0.717) is 22.0 Å². The summed E-state index contributed by atoms with van der Waals surface area (Å²) in [6, 6.07) is 6.76. The molecule has 10 nitrogen and oxygen atoms in total. The Bertz CT molecular complexity index is 1060. The minimum absolute atomic E-state index is 0.00846. The van der Waals surface area contributed by atoms with Crippen molar-refractivity contribution in [3.05, 3.63) is 62.7 Å². The van der Waals surface area contributed by atoms with Crippen molar-refractivity contribution in [2.75, 3.05) is 20.8 Å². The van der Waals surface area contributed by atoms with Crippen LogP contribution in [0.4, 0.5) is 5.69 Å². The van der Waals surface area contributed by atoms with E-state index in [0.717, 1.165) is 17.7 Å². The summed E-state index contributed by atoms with van der Waals surface area (Å²) >= 11 is 0. The second-order valence-electron chi connectivity index (χ2n) is 6.48. The lowest BCUT2D eigenvalue weighted by Gasteiger charge is -2.15. The van der Waals surface area contributed by atoms with E-state index >= 15 is 0 Å². The van der Waals surface area contributed by atoms with Gasteiger partial charge in [-0.15, -0.1) is 0 Å². The highest BCUT2D eigenvalue weighted by molar-refractivity contribution is 6.22. The van der Waals surface area contributed by atoms with Gasteiger partial charge < -0.3 is 14.2 Å². The molecule has 0 aromatic heterocycles. The summed E-state index contributed by atoms with van der Waals surface area (Å²) in [6.07, 6.45) is 0. The van der Waals surface area contributed by atoms with E-state index in [1.165, 1.54) is 20.3 Å². The number of fused-ring (bicyclic) bond motifs is 1. The monoisotopic (exact) mass is 414 g/mol. The Morgan fingerprint density at radius 1 is 1.03 bits per heavy atom. The van der Waals surface area contributed by atoms with E-state index in [1.54, 1.807) is 12.1 Å². The maximum Gasteiger partial charge on any atom is 0.326 e. The molecule has 10 heteroatoms. The summed E-state index contributed by atoms with van der Waals surface area (Å²) in [5.74, 6) is -1.28. The molecule has 0 aliphatic carbocycles. The van der Waals surface area contributed by atoms with Crippen molar-refractivity contribution in [2.24, 2.45) is 0 Å². The Morgan fingerprint density at radius 2 is 1.67 bits per heavy atom. The van der Waals surface area contributed by atoms with Gasteiger partial charge in [0, 0.05) is 12.1 Å². The Labute approximate surface area is 171 Å². The van der Waals surface area contributed by atoms with Gasteiger partial charge in [-0.05, 0) is 36.2 Å². The van der Waals surface area contributed by atoms with E-state index in [2.05, 4.69) is 0 Å². The van der Waals surface area contributed by atoms with E-state index in [4.69, 9.17) is 14.2 Å². The molecule has 0 atom stereocenters. The second-order valence-corrected chi connectivity index (χ2v) is 6.48. The number of aryl methyl sites for hydroxylation is 1. The molecule has 1 heterocycles. The number of rotatable bonds is 7. The molecule has 0 spiro atoms. The third kappa shape index (κ3) is 3.79. The normalized spacial score (nSPS) is 12.6. The number of esters is 1. The van der Waals surface area contributed by atoms with Gasteiger partial charge in [-0.1, -0.05) is 0 Å². The molecular weight excluding hydrogens is 396 g/mol. The van der Waals surface area contributed by atoms with Gasteiger partial charge in [-0.25, -0.2) is 0 Å². The van der Waals surface area contributed by atoms with E-state index < -0.39 is 29.3 Å². The molecule has 2 aromatic rings. The van der Waals surface area contributed by atoms with Gasteiger partial charge in [0.05, 0.1) is 30.3 Å². The molecule has 30 heavy (non-hydrogen) atoms. The van der Waals surface area contributed by atoms with Crippen LogP contribution in [0.25, 0.3) is 0 Å². The molecule has 0 unspecified atom stereocenters. The molecule has 0 fully saturated rings. The first-order chi connectivity index (χ1) is 14.3. The lowest BCUT2D eigenvalue weighted by Crippen LogP contribution is -2.35. The van der Waals surface area contributed by atoms with Crippen LogP contribution >= 0.6 is 0 Å². The predicted molar refractivity (Wildman–Crippen MR) is 103 cm³/mol. The number of non-ortho nitro benzene ring substituents is 1. The van der Waals surface area contributed by atoms with Gasteiger partial charge in [-0.2, -0.15) is 0 Å². The van der Waals surface area contributed by atoms with Gasteiger partial charge in [-0.3, -0.25) is 29.4 Å². The van der Waals surface area contributed by atoms with Crippen LogP contribution in [-0.2, 0) is 16.1 Å². The van der Waals surface area contributed by atoms with Crippen molar-refractivity contribution in [1.82, 2.24) is 4.90 Å². The third-order valence-corrected chi connectivity index (χ3v) is 4.68. The molecule has 0 radical (unpaired) electrons. The van der Waals surface area contributed by atoms with Crippen LogP contribution < -0.4 is 9.47 Å². The number of carbonyl (C=O) groups excluding carboxylic acids is 3. The van der Waals surface area contributed by atoms with Crippen molar-refractivity contribution >= 4 is 23.5 Å². The fraction of sp³-hybridized carbons (Fsp3) is 0.250. The zero-order chi connectivity index (χ0) is 22.0. The Balaban J connectivity index is 1.69. The Kier molecular flexibility index (Phi) is 5.67. The van der Waals surface area contributed by atoms with E-state index in [1.807, 2.05) is 6.92 Å². The number of benzene rings is 2. The number of amides is 2. The summed E-state index contributed by atoms with van der Waals surface area (Å²) < 4.78 is 15.6. The molecule has 1 aliphatic heterocycles. The van der Waals surface area contributed by atoms with Crippen molar-refractivity contribution in [3.63, 3.8) is 0 Å². The van der Waals surface area contributed by atoms with Crippen LogP contribution in [0.15, 0.2) is 30.3 Å². The number of nitro benzene ring substituents is 1. The second kappa shape index (κ2) is 8.19. The maximum absolute atomic E-state index is 12.4. The van der Waals surface area contributed by atoms with Crippen molar-refractivity contribution in [3.8, 4) is 11.5 Å². The molecule has 156 valence electrons. The largest absolute Gasteiger partial charge is 0.493 e. The number of carbonyl (C=O) groups is 3. The summed E-state index contributed by atoms with van der Waals surface area (Å²) in [7, 11) is 2.99. The summed E-state index contributed by atoms with van der Waals surface area (Å²) in [5, 5.41) is 10.9. The van der Waals surface area contributed by atoms with E-state index in [-0.39, 0.29) is 23.4 Å².